The highest BCUT2D eigenvalue weighted by Crippen LogP contribution is 2.40. The van der Waals surface area contributed by atoms with Crippen molar-refractivity contribution >= 4 is 0 Å². The minimum Gasteiger partial charge on any atom is -0.250 e. The zero-order valence-electron chi connectivity index (χ0n) is 13.3. The minimum atomic E-state index is 0.0703. The molecule has 1 aromatic heterocycles. The van der Waals surface area contributed by atoms with Gasteiger partial charge in [-0.25, -0.2) is 4.68 Å². The number of hydrogen-bond acceptors (Lipinski definition) is 2. The Hall–Kier alpha value is -0.860. The summed E-state index contributed by atoms with van der Waals surface area (Å²) < 4.78 is 1.94. The van der Waals surface area contributed by atoms with Gasteiger partial charge in [0.05, 0.1) is 5.69 Å². The molecular formula is C15H29N3. The molecule has 0 saturated carbocycles. The monoisotopic (exact) mass is 251 g/mol. The highest BCUT2D eigenvalue weighted by atomic mass is 15.4. The molecule has 0 bridgehead atoms. The summed E-state index contributed by atoms with van der Waals surface area (Å²) in [5.74, 6) is 0.664. The zero-order chi connectivity index (χ0) is 14.1. The standard InChI is InChI=1S/C15H29N3/c1-11(2)14(5,6)10-15(7,8)13-9-18(12(3)4)17-16-13/h9,11-12H,10H2,1-8H3. The Balaban J connectivity index is 2.91. The van der Waals surface area contributed by atoms with Gasteiger partial charge in [0.25, 0.3) is 0 Å². The molecule has 1 heterocycles. The molecule has 1 rings (SSSR count). The number of rotatable bonds is 5. The Bertz CT molecular complexity index is 386. The molecule has 0 fully saturated rings. The van der Waals surface area contributed by atoms with Crippen LogP contribution in [0.4, 0.5) is 0 Å². The summed E-state index contributed by atoms with van der Waals surface area (Å²) in [6.07, 6.45) is 3.22. The SMILES string of the molecule is CC(C)n1cc(C(C)(C)CC(C)(C)C(C)C)nn1. The summed E-state index contributed by atoms with van der Waals surface area (Å²) in [6.45, 7) is 18.1. The van der Waals surface area contributed by atoms with Gasteiger partial charge in [0.1, 0.15) is 0 Å². The third-order valence-electron chi connectivity index (χ3n) is 4.19. The van der Waals surface area contributed by atoms with E-state index >= 15 is 0 Å². The van der Waals surface area contributed by atoms with E-state index in [9.17, 15) is 0 Å². The summed E-state index contributed by atoms with van der Waals surface area (Å²) >= 11 is 0. The van der Waals surface area contributed by atoms with Gasteiger partial charge in [-0.2, -0.15) is 0 Å². The second-order valence-electron chi connectivity index (χ2n) is 7.38. The van der Waals surface area contributed by atoms with Gasteiger partial charge in [-0.1, -0.05) is 46.8 Å². The molecule has 0 amide bonds. The normalized spacial score (nSPS) is 13.7. The number of aromatic nitrogens is 3. The Morgan fingerprint density at radius 2 is 1.67 bits per heavy atom. The first-order valence-corrected chi connectivity index (χ1v) is 6.98. The van der Waals surface area contributed by atoms with Crippen molar-refractivity contribution in [3.8, 4) is 0 Å². The number of hydrogen-bond donors (Lipinski definition) is 0. The van der Waals surface area contributed by atoms with E-state index in [2.05, 4.69) is 71.9 Å². The van der Waals surface area contributed by atoms with Crippen molar-refractivity contribution in [3.05, 3.63) is 11.9 Å². The van der Waals surface area contributed by atoms with Crippen molar-refractivity contribution in [1.29, 1.82) is 0 Å². The van der Waals surface area contributed by atoms with Crippen molar-refractivity contribution in [2.24, 2.45) is 11.3 Å². The molecule has 0 aliphatic rings. The molecule has 0 aromatic carbocycles. The summed E-state index contributed by atoms with van der Waals surface area (Å²) in [5.41, 5.74) is 1.48. The number of nitrogens with zero attached hydrogens (tertiary/aromatic N) is 3. The second-order valence-corrected chi connectivity index (χ2v) is 7.38. The first-order chi connectivity index (χ1) is 8.06. The van der Waals surface area contributed by atoms with E-state index in [-0.39, 0.29) is 5.41 Å². The van der Waals surface area contributed by atoms with Gasteiger partial charge in [-0.3, -0.25) is 0 Å². The van der Waals surface area contributed by atoms with Crippen molar-refractivity contribution in [1.82, 2.24) is 15.0 Å². The van der Waals surface area contributed by atoms with E-state index in [0.717, 1.165) is 12.1 Å². The third kappa shape index (κ3) is 3.33. The fourth-order valence-corrected chi connectivity index (χ4v) is 2.27. The maximum atomic E-state index is 4.37. The zero-order valence-corrected chi connectivity index (χ0v) is 13.3. The van der Waals surface area contributed by atoms with E-state index in [1.165, 1.54) is 0 Å². The largest absolute Gasteiger partial charge is 0.250 e. The van der Waals surface area contributed by atoms with Crippen molar-refractivity contribution in [2.45, 2.75) is 73.3 Å². The van der Waals surface area contributed by atoms with Crippen molar-refractivity contribution < 1.29 is 0 Å². The Kier molecular flexibility index (Phi) is 4.24. The van der Waals surface area contributed by atoms with Crippen LogP contribution in [-0.4, -0.2) is 15.0 Å². The average molecular weight is 251 g/mol. The summed E-state index contributed by atoms with van der Waals surface area (Å²) in [5, 5.41) is 8.59. The minimum absolute atomic E-state index is 0.0703. The van der Waals surface area contributed by atoms with Crippen LogP contribution in [-0.2, 0) is 5.41 Å². The second kappa shape index (κ2) is 5.02. The molecular weight excluding hydrogens is 222 g/mol. The van der Waals surface area contributed by atoms with Crippen LogP contribution in [0.25, 0.3) is 0 Å². The lowest BCUT2D eigenvalue weighted by atomic mass is 9.68. The van der Waals surface area contributed by atoms with E-state index in [1.54, 1.807) is 0 Å². The molecule has 18 heavy (non-hydrogen) atoms. The van der Waals surface area contributed by atoms with Crippen LogP contribution in [0.15, 0.2) is 6.20 Å². The molecule has 3 nitrogen and oxygen atoms in total. The molecule has 3 heteroatoms. The predicted octanol–water partition coefficient (Wildman–Crippen LogP) is 4.21. The first-order valence-electron chi connectivity index (χ1n) is 6.98. The van der Waals surface area contributed by atoms with Gasteiger partial charge in [0.15, 0.2) is 0 Å². The lowest BCUT2D eigenvalue weighted by molar-refractivity contribution is 0.179. The molecule has 0 aliphatic carbocycles. The highest BCUT2D eigenvalue weighted by Gasteiger charge is 2.34. The molecule has 0 radical (unpaired) electrons. The van der Waals surface area contributed by atoms with E-state index in [4.69, 9.17) is 0 Å². The van der Waals surface area contributed by atoms with Crippen LogP contribution < -0.4 is 0 Å². The Morgan fingerprint density at radius 3 is 2.06 bits per heavy atom. The fourth-order valence-electron chi connectivity index (χ4n) is 2.27. The van der Waals surface area contributed by atoms with Gasteiger partial charge in [0.2, 0.25) is 0 Å². The lowest BCUT2D eigenvalue weighted by Gasteiger charge is -2.36. The van der Waals surface area contributed by atoms with Crippen LogP contribution >= 0.6 is 0 Å². The fraction of sp³-hybridized carbons (Fsp3) is 0.867. The predicted molar refractivity (Wildman–Crippen MR) is 76.7 cm³/mol. The van der Waals surface area contributed by atoms with E-state index in [1.807, 2.05) is 4.68 Å². The molecule has 0 aliphatic heterocycles. The van der Waals surface area contributed by atoms with Crippen molar-refractivity contribution in [3.63, 3.8) is 0 Å². The van der Waals surface area contributed by atoms with Crippen LogP contribution in [0, 0.1) is 11.3 Å². The molecule has 104 valence electrons. The Labute approximate surface area is 112 Å². The van der Waals surface area contributed by atoms with Gasteiger partial charge >= 0.3 is 0 Å². The summed E-state index contributed by atoms with van der Waals surface area (Å²) in [7, 11) is 0. The smallest absolute Gasteiger partial charge is 0.0883 e. The molecule has 1 aromatic rings. The van der Waals surface area contributed by atoms with E-state index in [0.29, 0.717) is 17.4 Å². The topological polar surface area (TPSA) is 30.7 Å². The molecule has 0 N–H and O–H groups in total. The van der Waals surface area contributed by atoms with Crippen LogP contribution in [0.5, 0.6) is 0 Å². The summed E-state index contributed by atoms with van der Waals surface area (Å²) in [6, 6.07) is 0.375. The Morgan fingerprint density at radius 1 is 1.11 bits per heavy atom. The quantitative estimate of drug-likeness (QED) is 0.785. The molecule has 0 saturated heterocycles. The van der Waals surface area contributed by atoms with Crippen LogP contribution in [0.2, 0.25) is 0 Å². The maximum absolute atomic E-state index is 4.37. The van der Waals surface area contributed by atoms with Crippen molar-refractivity contribution in [2.75, 3.05) is 0 Å². The molecule has 0 atom stereocenters. The van der Waals surface area contributed by atoms with Crippen LogP contribution in [0.3, 0.4) is 0 Å². The lowest BCUT2D eigenvalue weighted by Crippen LogP contribution is -2.30. The third-order valence-corrected chi connectivity index (χ3v) is 4.19. The van der Waals surface area contributed by atoms with E-state index < -0.39 is 0 Å². The molecule has 0 spiro atoms. The maximum Gasteiger partial charge on any atom is 0.0883 e. The van der Waals surface area contributed by atoms with Gasteiger partial charge in [-0.05, 0) is 31.6 Å². The van der Waals surface area contributed by atoms with Gasteiger partial charge in [-0.15, -0.1) is 5.10 Å². The highest BCUT2D eigenvalue weighted by molar-refractivity contribution is 5.10. The van der Waals surface area contributed by atoms with Gasteiger partial charge < -0.3 is 0 Å². The first kappa shape index (κ1) is 15.2. The summed E-state index contributed by atoms with van der Waals surface area (Å²) in [4.78, 5) is 0. The molecule has 0 unspecified atom stereocenters. The van der Waals surface area contributed by atoms with Gasteiger partial charge in [0, 0.05) is 17.7 Å². The van der Waals surface area contributed by atoms with Crippen LogP contribution in [0.1, 0.15) is 73.5 Å². The average Bonchev–Trinajstić information content (AvgIpc) is 2.64.